The summed E-state index contributed by atoms with van der Waals surface area (Å²) in [5.74, 6) is -6.57. The molecule has 4 aliphatic rings. The van der Waals surface area contributed by atoms with E-state index in [9.17, 15) is 34.8 Å². The average Bonchev–Trinajstić information content (AvgIpc) is 2.88. The number of nitrogens with one attached hydrogen (secondary N) is 1. The third-order valence-corrected chi connectivity index (χ3v) is 9.37. The zero-order valence-corrected chi connectivity index (χ0v) is 23.2. The number of aliphatic hydroxyl groups excluding tert-OH is 2. The topological polar surface area (TPSA) is 177 Å². The first-order chi connectivity index (χ1) is 19.4. The number of aromatic hydroxyl groups is 1. The standard InChI is InChI=1S/C30H34N4O7/c1-32-22-15-6-5-13(12-34-7-4-8-34)9-16(15)24(35)20-17(22)10-14-11-18-23(33(2)3)26(37)21(29(31)40)28(39)30(18,41)27(38)19(14)25(20)36/h5-6,9,14,18,23,32,35,37-38,41H,4,7-8,10-12H2,1-3H3,(H2,31,40)/t14-,18-,23-,30-/m0/s1. The number of hydrogen-bond acceptors (Lipinski definition) is 10. The molecule has 1 saturated heterocycles. The Labute approximate surface area is 236 Å². The Morgan fingerprint density at radius 1 is 1.17 bits per heavy atom. The van der Waals surface area contributed by atoms with Crippen LogP contribution in [0.4, 0.5) is 5.69 Å². The molecule has 11 nitrogen and oxygen atoms in total. The molecule has 1 amide bonds. The molecule has 11 heteroatoms. The van der Waals surface area contributed by atoms with E-state index in [0.29, 0.717) is 16.6 Å². The number of hydrogen-bond donors (Lipinski definition) is 6. The number of Topliss-reactive ketones (excluding diaryl/α,β-unsaturated/α-hetero) is 2. The number of fused-ring (bicyclic) bond motifs is 4. The SMILES string of the molecule is CNc1c2c(c(O)c3cc(CN4CCC4)ccc13)C(=O)C1=C(O)[C@]3(O)C(=O)C(C(N)=O)=C(O)[C@@H](N(C)C)[C@@H]3C[C@@H]1C2. The Hall–Kier alpha value is -3.93. The summed E-state index contributed by atoms with van der Waals surface area (Å²) in [5.41, 5.74) is 4.00. The van der Waals surface area contributed by atoms with E-state index in [-0.39, 0.29) is 29.7 Å². The van der Waals surface area contributed by atoms with Gasteiger partial charge in [0.1, 0.15) is 22.8 Å². The maximum absolute atomic E-state index is 14.1. The Balaban J connectivity index is 1.54. The number of anilines is 1. The van der Waals surface area contributed by atoms with Crippen LogP contribution in [-0.2, 0) is 22.6 Å². The van der Waals surface area contributed by atoms with Crippen LogP contribution in [0.1, 0.15) is 34.3 Å². The summed E-state index contributed by atoms with van der Waals surface area (Å²) < 4.78 is 0. The highest BCUT2D eigenvalue weighted by Crippen LogP contribution is 2.54. The van der Waals surface area contributed by atoms with Crippen LogP contribution in [0.3, 0.4) is 0 Å². The molecule has 0 saturated carbocycles. The van der Waals surface area contributed by atoms with Crippen LogP contribution in [0.5, 0.6) is 5.75 Å². The number of allylic oxidation sites excluding steroid dienone is 1. The molecule has 0 unspecified atom stereocenters. The summed E-state index contributed by atoms with van der Waals surface area (Å²) in [7, 11) is 4.95. The van der Waals surface area contributed by atoms with Crippen LogP contribution in [0.15, 0.2) is 40.9 Å². The second-order valence-corrected chi connectivity index (χ2v) is 11.8. The van der Waals surface area contributed by atoms with Crippen LogP contribution < -0.4 is 11.1 Å². The smallest absolute Gasteiger partial charge is 0.255 e. The molecule has 1 aliphatic heterocycles. The second-order valence-electron chi connectivity index (χ2n) is 11.8. The number of primary amides is 1. The molecule has 4 atom stereocenters. The largest absolute Gasteiger partial charge is 0.510 e. The number of carbonyl (C=O) groups excluding carboxylic acids is 3. The van der Waals surface area contributed by atoms with E-state index < -0.39 is 58.0 Å². The first kappa shape index (κ1) is 27.3. The van der Waals surface area contributed by atoms with Crippen molar-refractivity contribution in [1.82, 2.24) is 9.80 Å². The number of rotatable bonds is 5. The summed E-state index contributed by atoms with van der Waals surface area (Å²) in [6.45, 7) is 2.73. The van der Waals surface area contributed by atoms with Crippen LogP contribution in [0, 0.1) is 11.8 Å². The molecule has 1 fully saturated rings. The second kappa shape index (κ2) is 9.30. The summed E-state index contributed by atoms with van der Waals surface area (Å²) in [6, 6.07) is 4.77. The molecule has 2 aromatic rings. The van der Waals surface area contributed by atoms with Crippen molar-refractivity contribution < 1.29 is 34.8 Å². The predicted molar refractivity (Wildman–Crippen MR) is 151 cm³/mol. The maximum Gasteiger partial charge on any atom is 0.255 e. The van der Waals surface area contributed by atoms with Gasteiger partial charge in [-0.2, -0.15) is 0 Å². The van der Waals surface area contributed by atoms with Crippen LogP contribution in [-0.4, -0.2) is 93.6 Å². The van der Waals surface area contributed by atoms with E-state index >= 15 is 0 Å². The van der Waals surface area contributed by atoms with Gasteiger partial charge in [0.25, 0.3) is 5.91 Å². The van der Waals surface area contributed by atoms with E-state index in [2.05, 4.69) is 10.2 Å². The summed E-state index contributed by atoms with van der Waals surface area (Å²) in [5, 5.41) is 50.2. The average molecular weight is 563 g/mol. The van der Waals surface area contributed by atoms with E-state index in [0.717, 1.165) is 37.0 Å². The zero-order valence-electron chi connectivity index (χ0n) is 23.2. The number of phenolic OH excluding ortho intramolecular Hbond substituents is 1. The highest BCUT2D eigenvalue weighted by atomic mass is 16.3. The molecule has 41 heavy (non-hydrogen) atoms. The lowest BCUT2D eigenvalue weighted by Gasteiger charge is -2.50. The van der Waals surface area contributed by atoms with Gasteiger partial charge in [-0.15, -0.1) is 0 Å². The molecule has 0 bridgehead atoms. The lowest BCUT2D eigenvalue weighted by Crippen LogP contribution is -2.63. The fourth-order valence-corrected chi connectivity index (χ4v) is 7.35. The first-order valence-corrected chi connectivity index (χ1v) is 13.8. The third-order valence-electron chi connectivity index (χ3n) is 9.37. The van der Waals surface area contributed by atoms with Crippen molar-refractivity contribution in [3.8, 4) is 5.75 Å². The third kappa shape index (κ3) is 3.65. The molecule has 216 valence electrons. The van der Waals surface area contributed by atoms with Gasteiger partial charge in [-0.25, -0.2) is 0 Å². The maximum atomic E-state index is 14.1. The molecule has 2 aromatic carbocycles. The van der Waals surface area contributed by atoms with Crippen LogP contribution in [0.2, 0.25) is 0 Å². The fourth-order valence-electron chi connectivity index (χ4n) is 7.35. The van der Waals surface area contributed by atoms with E-state index in [1.165, 1.54) is 4.90 Å². The molecule has 6 rings (SSSR count). The number of phenols is 1. The highest BCUT2D eigenvalue weighted by Gasteiger charge is 2.63. The van der Waals surface area contributed by atoms with Crippen molar-refractivity contribution in [3.63, 3.8) is 0 Å². The number of ketones is 2. The number of benzene rings is 2. The Morgan fingerprint density at radius 2 is 1.88 bits per heavy atom. The van der Waals surface area contributed by atoms with E-state index in [4.69, 9.17) is 5.73 Å². The van der Waals surface area contributed by atoms with Crippen LogP contribution in [0.25, 0.3) is 10.8 Å². The van der Waals surface area contributed by atoms with Gasteiger partial charge in [0.05, 0.1) is 11.6 Å². The van der Waals surface area contributed by atoms with Gasteiger partial charge in [-0.3, -0.25) is 24.2 Å². The monoisotopic (exact) mass is 562 g/mol. The quantitative estimate of drug-likeness (QED) is 0.231. The molecule has 1 heterocycles. The molecular weight excluding hydrogens is 528 g/mol. The summed E-state index contributed by atoms with van der Waals surface area (Å²) in [4.78, 5) is 43.6. The van der Waals surface area contributed by atoms with Gasteiger partial charge in [0.2, 0.25) is 5.78 Å². The molecule has 0 aromatic heterocycles. The minimum absolute atomic E-state index is 0.00346. The summed E-state index contributed by atoms with van der Waals surface area (Å²) in [6.07, 6.45) is 1.41. The fraction of sp³-hybridized carbons (Fsp3) is 0.433. The Kier molecular flexibility index (Phi) is 6.18. The van der Waals surface area contributed by atoms with E-state index in [1.54, 1.807) is 21.1 Å². The minimum atomic E-state index is -2.66. The number of nitrogens with zero attached hydrogens (tertiary/aromatic N) is 2. The van der Waals surface area contributed by atoms with Gasteiger partial charge in [-0.1, -0.05) is 12.1 Å². The molecule has 7 N–H and O–H groups in total. The number of aliphatic hydroxyl groups is 3. The van der Waals surface area contributed by atoms with Crippen molar-refractivity contribution in [3.05, 3.63) is 57.6 Å². The Bertz CT molecular complexity index is 1610. The van der Waals surface area contributed by atoms with Crippen molar-refractivity contribution in [2.75, 3.05) is 39.5 Å². The van der Waals surface area contributed by atoms with Crippen molar-refractivity contribution >= 4 is 33.9 Å². The normalized spacial score (nSPS) is 28.0. The number of nitrogens with two attached hydrogens (primary N) is 1. The zero-order chi connectivity index (χ0) is 29.5. The lowest BCUT2D eigenvalue weighted by molar-refractivity contribution is -0.148. The molecular formula is C30H34N4O7. The summed E-state index contributed by atoms with van der Waals surface area (Å²) >= 11 is 0. The predicted octanol–water partition coefficient (Wildman–Crippen LogP) is 1.52. The number of amides is 1. The van der Waals surface area contributed by atoms with Crippen LogP contribution >= 0.6 is 0 Å². The lowest BCUT2D eigenvalue weighted by atomic mass is 9.58. The number of likely N-dealkylation sites (N-methyl/N-ethyl adjacent to an activating group) is 1. The van der Waals surface area contributed by atoms with Crippen molar-refractivity contribution in [2.45, 2.75) is 37.5 Å². The van der Waals surface area contributed by atoms with Crippen molar-refractivity contribution in [2.24, 2.45) is 17.6 Å². The van der Waals surface area contributed by atoms with Gasteiger partial charge >= 0.3 is 0 Å². The van der Waals surface area contributed by atoms with Gasteiger partial charge < -0.3 is 31.5 Å². The molecule has 3 aliphatic carbocycles. The first-order valence-electron chi connectivity index (χ1n) is 13.8. The molecule has 0 spiro atoms. The molecule has 0 radical (unpaired) electrons. The van der Waals surface area contributed by atoms with Gasteiger partial charge in [0, 0.05) is 41.5 Å². The Morgan fingerprint density at radius 3 is 2.46 bits per heavy atom. The van der Waals surface area contributed by atoms with Gasteiger partial charge in [-0.05, 0) is 69.6 Å². The van der Waals surface area contributed by atoms with E-state index in [1.807, 2.05) is 18.2 Å². The van der Waals surface area contributed by atoms with Crippen molar-refractivity contribution in [1.29, 1.82) is 0 Å². The number of likely N-dealkylation sites (tertiary alicyclic amines) is 1. The van der Waals surface area contributed by atoms with Gasteiger partial charge in [0.15, 0.2) is 11.4 Å². The highest BCUT2D eigenvalue weighted by molar-refractivity contribution is 6.25. The minimum Gasteiger partial charge on any atom is -0.510 e. The number of carbonyl (C=O) groups is 3.